The van der Waals surface area contributed by atoms with Crippen molar-refractivity contribution in [2.24, 2.45) is 10.9 Å². The van der Waals surface area contributed by atoms with Crippen molar-refractivity contribution >= 4 is 50.9 Å². The number of anilines is 1. The van der Waals surface area contributed by atoms with Gasteiger partial charge in [-0.05, 0) is 67.0 Å². The Balaban J connectivity index is 1.60. The van der Waals surface area contributed by atoms with E-state index in [2.05, 4.69) is 37.6 Å². The van der Waals surface area contributed by atoms with Crippen LogP contribution >= 0.6 is 28.1 Å². The number of hydrogen-bond donors (Lipinski definition) is 2. The Morgan fingerprint density at radius 1 is 1.27 bits per heavy atom. The van der Waals surface area contributed by atoms with Crippen LogP contribution in [0.5, 0.6) is 0 Å². The van der Waals surface area contributed by atoms with Crippen LogP contribution < -0.4 is 21.2 Å². The summed E-state index contributed by atoms with van der Waals surface area (Å²) < 4.78 is 0.985. The van der Waals surface area contributed by atoms with Gasteiger partial charge in [0.2, 0.25) is 0 Å². The quantitative estimate of drug-likeness (QED) is 0.733. The van der Waals surface area contributed by atoms with Crippen LogP contribution in [-0.2, 0) is 4.79 Å². The lowest BCUT2D eigenvalue weighted by atomic mass is 9.98. The van der Waals surface area contributed by atoms with Crippen molar-refractivity contribution in [3.8, 4) is 0 Å². The van der Waals surface area contributed by atoms with Crippen molar-refractivity contribution in [1.29, 1.82) is 0 Å². The summed E-state index contributed by atoms with van der Waals surface area (Å²) in [7, 11) is 0. The Bertz CT molecular complexity index is 987. The van der Waals surface area contributed by atoms with Gasteiger partial charge in [0.1, 0.15) is 0 Å². The van der Waals surface area contributed by atoms with Crippen molar-refractivity contribution in [2.45, 2.75) is 20.3 Å². The van der Waals surface area contributed by atoms with Gasteiger partial charge in [-0.3, -0.25) is 4.79 Å². The first-order valence-corrected chi connectivity index (χ1v) is 9.65. The minimum absolute atomic E-state index is 0.0844. The zero-order valence-corrected chi connectivity index (χ0v) is 17.1. The zero-order valence-electron chi connectivity index (χ0n) is 14.7. The van der Waals surface area contributed by atoms with Crippen LogP contribution in [0.1, 0.15) is 17.5 Å². The first-order valence-electron chi connectivity index (χ1n) is 8.45. The number of fused-ring (bicyclic) bond motifs is 1. The second-order valence-electron chi connectivity index (χ2n) is 6.35. The van der Waals surface area contributed by atoms with Crippen molar-refractivity contribution in [2.75, 3.05) is 11.9 Å². The summed E-state index contributed by atoms with van der Waals surface area (Å²) in [6.07, 6.45) is 2.67. The Morgan fingerprint density at radius 2 is 2.08 bits per heavy atom. The monoisotopic (exact) mass is 429 g/mol. The van der Waals surface area contributed by atoms with Gasteiger partial charge < -0.3 is 10.6 Å². The highest BCUT2D eigenvalue weighted by Gasteiger charge is 2.19. The molecule has 1 aliphatic heterocycles. The molecule has 0 saturated carbocycles. The van der Waals surface area contributed by atoms with Crippen molar-refractivity contribution in [1.82, 2.24) is 5.32 Å². The summed E-state index contributed by atoms with van der Waals surface area (Å²) in [6, 6.07) is 11.9. The maximum Gasteiger partial charge on any atom is 0.253 e. The highest BCUT2D eigenvalue weighted by Crippen LogP contribution is 2.15. The predicted octanol–water partition coefficient (Wildman–Crippen LogP) is 3.00. The number of carbonyl (C=O) groups excluding carboxylic acids is 1. The third-order valence-corrected chi connectivity index (χ3v) is 5.22. The molecular formula is C20H20BrN3OS. The number of amides is 1. The van der Waals surface area contributed by atoms with Gasteiger partial charge in [0, 0.05) is 16.7 Å². The Morgan fingerprint density at radius 3 is 2.85 bits per heavy atom. The fourth-order valence-corrected chi connectivity index (χ4v) is 3.49. The van der Waals surface area contributed by atoms with E-state index in [-0.39, 0.29) is 11.8 Å². The molecule has 0 bridgehead atoms. The topological polar surface area (TPSA) is 53.5 Å². The summed E-state index contributed by atoms with van der Waals surface area (Å²) in [5.41, 5.74) is 3.13. The highest BCUT2D eigenvalue weighted by molar-refractivity contribution is 9.10. The van der Waals surface area contributed by atoms with Gasteiger partial charge in [-0.15, -0.1) is 0 Å². The average Bonchev–Trinajstić information content (AvgIpc) is 2.59. The van der Waals surface area contributed by atoms with Crippen molar-refractivity contribution in [3.05, 3.63) is 62.6 Å². The second kappa shape index (κ2) is 8.10. The van der Waals surface area contributed by atoms with E-state index in [1.165, 1.54) is 0 Å². The first-order chi connectivity index (χ1) is 12.4. The van der Waals surface area contributed by atoms with Gasteiger partial charge >= 0.3 is 0 Å². The molecule has 0 radical (unpaired) electrons. The Kier molecular flexibility index (Phi) is 5.84. The molecule has 134 valence electrons. The SMILES string of the molecule is Cc1ccc2c(c1C)=NC(=O)C(CCNC(=S)Nc1cccc(Br)c1)C=2. The van der Waals surface area contributed by atoms with E-state index in [4.69, 9.17) is 12.2 Å². The van der Waals surface area contributed by atoms with Crippen LogP contribution in [-0.4, -0.2) is 17.6 Å². The maximum atomic E-state index is 12.3. The van der Waals surface area contributed by atoms with Gasteiger partial charge in [-0.2, -0.15) is 0 Å². The van der Waals surface area contributed by atoms with E-state index in [0.717, 1.165) is 31.9 Å². The van der Waals surface area contributed by atoms with Crippen LogP contribution in [0.15, 0.2) is 45.9 Å². The number of carbonyl (C=O) groups is 1. The average molecular weight is 430 g/mol. The molecule has 2 aromatic rings. The number of benzene rings is 2. The van der Waals surface area contributed by atoms with E-state index < -0.39 is 0 Å². The largest absolute Gasteiger partial charge is 0.362 e. The van der Waals surface area contributed by atoms with Gasteiger partial charge in [0.15, 0.2) is 5.11 Å². The number of aryl methyl sites for hydroxylation is 1. The summed E-state index contributed by atoms with van der Waals surface area (Å²) in [5, 5.41) is 8.67. The predicted molar refractivity (Wildman–Crippen MR) is 113 cm³/mol. The van der Waals surface area contributed by atoms with Crippen LogP contribution in [0, 0.1) is 19.8 Å². The second-order valence-corrected chi connectivity index (χ2v) is 7.67. The molecule has 4 nitrogen and oxygen atoms in total. The normalized spacial score (nSPS) is 15.5. The lowest BCUT2D eigenvalue weighted by Gasteiger charge is -2.15. The van der Waals surface area contributed by atoms with Gasteiger partial charge in [-0.1, -0.05) is 40.2 Å². The first kappa shape index (κ1) is 18.7. The van der Waals surface area contributed by atoms with Crippen LogP contribution in [0.25, 0.3) is 6.08 Å². The third-order valence-electron chi connectivity index (χ3n) is 4.48. The number of halogens is 1. The molecule has 6 heteroatoms. The summed E-state index contributed by atoms with van der Waals surface area (Å²) in [5.74, 6) is -0.301. The van der Waals surface area contributed by atoms with Crippen LogP contribution in [0.2, 0.25) is 0 Å². The van der Waals surface area contributed by atoms with Crippen LogP contribution in [0.4, 0.5) is 5.69 Å². The summed E-state index contributed by atoms with van der Waals surface area (Å²) in [6.45, 7) is 4.64. The van der Waals surface area contributed by atoms with E-state index in [0.29, 0.717) is 18.1 Å². The van der Waals surface area contributed by atoms with Crippen LogP contribution in [0.3, 0.4) is 0 Å². The summed E-state index contributed by atoms with van der Waals surface area (Å²) in [4.78, 5) is 16.7. The molecule has 26 heavy (non-hydrogen) atoms. The number of nitrogens with one attached hydrogen (secondary N) is 2. The lowest BCUT2D eigenvalue weighted by Crippen LogP contribution is -2.37. The molecule has 0 aromatic heterocycles. The van der Waals surface area contributed by atoms with Crippen molar-refractivity contribution in [3.63, 3.8) is 0 Å². The molecule has 1 heterocycles. The number of nitrogens with zero attached hydrogens (tertiary/aromatic N) is 1. The molecule has 3 rings (SSSR count). The number of hydrogen-bond acceptors (Lipinski definition) is 2. The zero-order chi connectivity index (χ0) is 18.7. The molecule has 1 amide bonds. The minimum Gasteiger partial charge on any atom is -0.362 e. The molecule has 2 N–H and O–H groups in total. The maximum absolute atomic E-state index is 12.3. The number of thiocarbonyl (C=S) groups is 1. The molecule has 0 spiro atoms. The molecule has 0 aliphatic carbocycles. The third kappa shape index (κ3) is 4.37. The summed E-state index contributed by atoms with van der Waals surface area (Å²) >= 11 is 8.74. The van der Waals surface area contributed by atoms with Crippen molar-refractivity contribution < 1.29 is 4.79 Å². The van der Waals surface area contributed by atoms with E-state index in [1.807, 2.05) is 50.3 Å². The molecule has 1 unspecified atom stereocenters. The smallest absolute Gasteiger partial charge is 0.253 e. The van der Waals surface area contributed by atoms with E-state index >= 15 is 0 Å². The molecule has 0 fully saturated rings. The number of rotatable bonds is 4. The lowest BCUT2D eigenvalue weighted by molar-refractivity contribution is -0.120. The Hall–Kier alpha value is -2.05. The van der Waals surface area contributed by atoms with Gasteiger partial charge in [0.05, 0.1) is 11.3 Å². The molecule has 1 atom stereocenters. The molecular weight excluding hydrogens is 410 g/mol. The van der Waals surface area contributed by atoms with Gasteiger partial charge in [-0.25, -0.2) is 4.99 Å². The molecule has 2 aromatic carbocycles. The Labute approximate surface area is 166 Å². The minimum atomic E-state index is -0.217. The van der Waals surface area contributed by atoms with E-state index in [9.17, 15) is 4.79 Å². The fraction of sp³-hybridized carbons (Fsp3) is 0.250. The molecule has 0 saturated heterocycles. The standard InChI is InChI=1S/C20H20BrN3OS/c1-12-6-7-14-10-15(19(25)24-18(14)13(12)2)8-9-22-20(26)23-17-5-3-4-16(21)11-17/h3-7,10-11,15H,8-9H2,1-2H3,(H2,22,23,26). The van der Waals surface area contributed by atoms with Gasteiger partial charge in [0.25, 0.3) is 5.91 Å². The fourth-order valence-electron chi connectivity index (χ4n) is 2.88. The van der Waals surface area contributed by atoms with E-state index in [1.54, 1.807) is 0 Å². The molecule has 1 aliphatic rings. The highest BCUT2D eigenvalue weighted by atomic mass is 79.9.